The summed E-state index contributed by atoms with van der Waals surface area (Å²) in [5.41, 5.74) is 3.01. The molecule has 0 fully saturated rings. The van der Waals surface area contributed by atoms with Crippen molar-refractivity contribution in [2.24, 2.45) is 0 Å². The highest BCUT2D eigenvalue weighted by Gasteiger charge is 2.38. The number of nitrogens with zero attached hydrogens (tertiary/aromatic N) is 3. The minimum absolute atomic E-state index is 0.315. The summed E-state index contributed by atoms with van der Waals surface area (Å²) >= 11 is 3.48. The molecule has 1 atom stereocenters. The van der Waals surface area contributed by atoms with Gasteiger partial charge in [-0.3, -0.25) is 9.48 Å². The molecule has 0 spiro atoms. The molecule has 7 heteroatoms. The van der Waals surface area contributed by atoms with Gasteiger partial charge in [-0.15, -0.1) is 0 Å². The number of rotatable bonds is 2. The van der Waals surface area contributed by atoms with Crippen LogP contribution in [0.2, 0.25) is 0 Å². The number of aliphatic carboxylic acids is 1. The van der Waals surface area contributed by atoms with E-state index in [0.717, 1.165) is 30.6 Å². The average molecular weight is 390 g/mol. The van der Waals surface area contributed by atoms with E-state index in [1.165, 1.54) is 4.90 Å². The Balaban J connectivity index is 1.73. The molecule has 124 valence electrons. The van der Waals surface area contributed by atoms with Crippen molar-refractivity contribution >= 4 is 27.8 Å². The molecule has 4 rings (SSSR count). The fraction of sp³-hybridized carbons (Fsp3) is 0.353. The Bertz CT molecular complexity index is 846. The number of hydrogen-bond donors (Lipinski definition) is 1. The van der Waals surface area contributed by atoms with Gasteiger partial charge in [0, 0.05) is 13.1 Å². The molecule has 0 bridgehead atoms. The molecular weight excluding hydrogens is 374 g/mol. The van der Waals surface area contributed by atoms with Crippen molar-refractivity contribution in [3.8, 4) is 0 Å². The lowest BCUT2D eigenvalue weighted by Gasteiger charge is -2.34. The number of benzene rings is 1. The number of carbonyl (C=O) groups excluding carboxylic acids is 1. The Morgan fingerprint density at radius 2 is 2.00 bits per heavy atom. The van der Waals surface area contributed by atoms with E-state index in [9.17, 15) is 14.7 Å². The van der Waals surface area contributed by atoms with E-state index in [1.54, 1.807) is 6.07 Å². The predicted octanol–water partition coefficient (Wildman–Crippen LogP) is 2.42. The predicted molar refractivity (Wildman–Crippen MR) is 89.8 cm³/mol. The summed E-state index contributed by atoms with van der Waals surface area (Å²) in [4.78, 5) is 26.3. The minimum Gasteiger partial charge on any atom is -0.479 e. The lowest BCUT2D eigenvalue weighted by atomic mass is 9.92. The van der Waals surface area contributed by atoms with Gasteiger partial charge in [-0.2, -0.15) is 5.10 Å². The fourth-order valence-corrected chi connectivity index (χ4v) is 4.27. The fourth-order valence-electron chi connectivity index (χ4n) is 3.62. The van der Waals surface area contributed by atoms with Crippen molar-refractivity contribution < 1.29 is 14.7 Å². The first-order valence-corrected chi connectivity index (χ1v) is 8.74. The lowest BCUT2D eigenvalue weighted by Crippen LogP contribution is -2.43. The van der Waals surface area contributed by atoms with Crippen LogP contribution >= 0.6 is 15.9 Å². The normalized spacial score (nSPS) is 19.0. The van der Waals surface area contributed by atoms with Crippen molar-refractivity contribution in [1.29, 1.82) is 0 Å². The van der Waals surface area contributed by atoms with Gasteiger partial charge >= 0.3 is 5.97 Å². The van der Waals surface area contributed by atoms with E-state index >= 15 is 0 Å². The number of hydrogen-bond acceptors (Lipinski definition) is 3. The minimum atomic E-state index is -1.02. The molecular formula is C17H16BrN3O3. The number of fused-ring (bicyclic) bond motifs is 2. The van der Waals surface area contributed by atoms with Crippen LogP contribution in [0.4, 0.5) is 0 Å². The van der Waals surface area contributed by atoms with Crippen molar-refractivity contribution in [3.05, 3.63) is 51.3 Å². The molecule has 2 aliphatic rings. The Labute approximate surface area is 147 Å². The van der Waals surface area contributed by atoms with Gasteiger partial charge < -0.3 is 10.0 Å². The molecule has 6 nitrogen and oxygen atoms in total. The van der Waals surface area contributed by atoms with Gasteiger partial charge in [0.25, 0.3) is 5.91 Å². The van der Waals surface area contributed by atoms with Crippen molar-refractivity contribution in [3.63, 3.8) is 0 Å². The van der Waals surface area contributed by atoms with Crippen molar-refractivity contribution in [2.45, 2.75) is 31.8 Å². The van der Waals surface area contributed by atoms with Gasteiger partial charge in [0.05, 0.1) is 10.2 Å². The van der Waals surface area contributed by atoms with Crippen LogP contribution < -0.4 is 0 Å². The third kappa shape index (κ3) is 2.26. The summed E-state index contributed by atoms with van der Waals surface area (Å²) in [5.74, 6) is -1.34. The maximum Gasteiger partial charge on any atom is 0.331 e. The molecule has 0 aliphatic carbocycles. The van der Waals surface area contributed by atoms with Crippen LogP contribution in [0, 0.1) is 0 Å². The molecule has 1 unspecified atom stereocenters. The van der Waals surface area contributed by atoms with Crippen LogP contribution in [0.3, 0.4) is 0 Å². The van der Waals surface area contributed by atoms with Crippen LogP contribution in [0.25, 0.3) is 0 Å². The van der Waals surface area contributed by atoms with E-state index in [4.69, 9.17) is 0 Å². The lowest BCUT2D eigenvalue weighted by molar-refractivity contribution is -0.143. The van der Waals surface area contributed by atoms with Gasteiger partial charge in [0.1, 0.15) is 0 Å². The second kappa shape index (κ2) is 5.73. The summed E-state index contributed by atoms with van der Waals surface area (Å²) in [7, 11) is 0. The van der Waals surface area contributed by atoms with E-state index in [2.05, 4.69) is 21.0 Å². The van der Waals surface area contributed by atoms with E-state index in [0.29, 0.717) is 28.7 Å². The highest BCUT2D eigenvalue weighted by Crippen LogP contribution is 2.34. The molecule has 1 amide bonds. The summed E-state index contributed by atoms with van der Waals surface area (Å²) in [6, 6.07) is 6.45. The summed E-state index contributed by atoms with van der Waals surface area (Å²) in [6.45, 7) is 1.17. The third-order valence-corrected chi connectivity index (χ3v) is 5.59. The number of carboxylic acid groups (broad SMARTS) is 1. The largest absolute Gasteiger partial charge is 0.479 e. The van der Waals surface area contributed by atoms with Crippen LogP contribution in [0.15, 0.2) is 28.7 Å². The average Bonchev–Trinajstić information content (AvgIpc) is 3.16. The third-order valence-electron chi connectivity index (χ3n) is 4.76. The zero-order valence-electron chi connectivity index (χ0n) is 12.9. The van der Waals surface area contributed by atoms with Crippen molar-refractivity contribution in [1.82, 2.24) is 14.7 Å². The molecule has 0 saturated heterocycles. The van der Waals surface area contributed by atoms with Crippen LogP contribution in [0.5, 0.6) is 0 Å². The molecule has 1 aromatic heterocycles. The number of aryl methyl sites for hydroxylation is 1. The first-order chi connectivity index (χ1) is 11.6. The maximum absolute atomic E-state index is 13.0. The van der Waals surface area contributed by atoms with Crippen LogP contribution in [-0.2, 0) is 24.2 Å². The zero-order valence-corrected chi connectivity index (χ0v) is 14.5. The molecule has 1 N–H and O–H groups in total. The number of amides is 1. The molecule has 1 aromatic carbocycles. The maximum atomic E-state index is 13.0. The Morgan fingerprint density at radius 1 is 1.21 bits per heavy atom. The standard InChI is InChI=1S/C17H16BrN3O3/c18-13-12-6-3-8-21(12)19-14(13)16(22)20-9-7-10-4-1-2-5-11(10)15(20)17(23)24/h1-2,4-5,15H,3,6-9H2,(H,23,24). The van der Waals surface area contributed by atoms with E-state index < -0.39 is 12.0 Å². The second-order valence-corrected chi connectivity index (χ2v) is 6.92. The summed E-state index contributed by atoms with van der Waals surface area (Å²) in [6.07, 6.45) is 2.55. The van der Waals surface area contributed by atoms with Crippen LogP contribution in [-0.4, -0.2) is 38.2 Å². The van der Waals surface area contributed by atoms with Gasteiger partial charge in [0.2, 0.25) is 0 Å². The smallest absolute Gasteiger partial charge is 0.331 e. The number of carbonyl (C=O) groups is 2. The monoisotopic (exact) mass is 389 g/mol. The van der Waals surface area contributed by atoms with Gasteiger partial charge in [-0.05, 0) is 46.3 Å². The second-order valence-electron chi connectivity index (χ2n) is 6.12. The first kappa shape index (κ1) is 15.4. The number of halogens is 1. The van der Waals surface area contributed by atoms with Crippen molar-refractivity contribution in [2.75, 3.05) is 6.54 Å². The van der Waals surface area contributed by atoms with Crippen LogP contribution in [0.1, 0.15) is 39.8 Å². The summed E-state index contributed by atoms with van der Waals surface area (Å²) < 4.78 is 2.54. The first-order valence-electron chi connectivity index (χ1n) is 7.94. The topological polar surface area (TPSA) is 75.4 Å². The van der Waals surface area contributed by atoms with E-state index in [1.807, 2.05) is 22.9 Å². The Hall–Kier alpha value is -2.15. The number of carboxylic acids is 1. The quantitative estimate of drug-likeness (QED) is 0.855. The molecule has 24 heavy (non-hydrogen) atoms. The molecule has 2 aliphatic heterocycles. The van der Waals surface area contributed by atoms with Gasteiger partial charge in [-0.1, -0.05) is 24.3 Å². The number of aromatic nitrogens is 2. The van der Waals surface area contributed by atoms with E-state index in [-0.39, 0.29) is 5.91 Å². The highest BCUT2D eigenvalue weighted by molar-refractivity contribution is 9.10. The summed E-state index contributed by atoms with van der Waals surface area (Å²) in [5, 5.41) is 14.1. The molecule has 0 saturated carbocycles. The van der Waals surface area contributed by atoms with Gasteiger partial charge in [0.15, 0.2) is 11.7 Å². The van der Waals surface area contributed by atoms with Gasteiger partial charge in [-0.25, -0.2) is 4.79 Å². The molecule has 0 radical (unpaired) electrons. The Kier molecular flexibility index (Phi) is 3.68. The molecule has 3 heterocycles. The SMILES string of the molecule is O=C(O)C1c2ccccc2CCN1C(=O)c1nn2c(c1Br)CCC2. The zero-order chi connectivity index (χ0) is 16.8. The molecule has 2 aromatic rings. The highest BCUT2D eigenvalue weighted by atomic mass is 79.9. The Morgan fingerprint density at radius 3 is 2.75 bits per heavy atom.